The highest BCUT2D eigenvalue weighted by Gasteiger charge is 2.21. The molecule has 2 aromatic carbocycles. The standard InChI is InChI=1S/C20H22N6O2S/c1-13-9-14(2)11-17(10-13)26-20(23-24-25-26)29-15(3)18(27)22-19(28)21-12-16-7-5-4-6-8-16/h4-11,15H,12H2,1-3H3,(H2,21,22,27,28)/t15-/m0/s1. The minimum atomic E-state index is -0.562. The van der Waals surface area contributed by atoms with E-state index in [0.29, 0.717) is 11.7 Å². The van der Waals surface area contributed by atoms with Crippen LogP contribution >= 0.6 is 11.8 Å². The molecule has 0 unspecified atom stereocenters. The van der Waals surface area contributed by atoms with Gasteiger partial charge < -0.3 is 5.32 Å². The van der Waals surface area contributed by atoms with Gasteiger partial charge in [-0.1, -0.05) is 48.2 Å². The van der Waals surface area contributed by atoms with Gasteiger partial charge in [-0.05, 0) is 60.0 Å². The van der Waals surface area contributed by atoms with Crippen molar-refractivity contribution >= 4 is 23.7 Å². The van der Waals surface area contributed by atoms with E-state index in [4.69, 9.17) is 0 Å². The van der Waals surface area contributed by atoms with Crippen LogP contribution in [0.25, 0.3) is 5.69 Å². The molecule has 0 aliphatic rings. The molecule has 3 rings (SSSR count). The third-order valence-corrected chi connectivity index (χ3v) is 5.11. The zero-order valence-corrected chi connectivity index (χ0v) is 17.2. The lowest BCUT2D eigenvalue weighted by Crippen LogP contribution is -2.42. The Kier molecular flexibility index (Phi) is 6.61. The third-order valence-electron chi connectivity index (χ3n) is 4.08. The largest absolute Gasteiger partial charge is 0.334 e. The fraction of sp³-hybridized carbons (Fsp3) is 0.250. The number of urea groups is 1. The van der Waals surface area contributed by atoms with Crippen LogP contribution in [0.5, 0.6) is 0 Å². The van der Waals surface area contributed by atoms with E-state index in [-0.39, 0.29) is 0 Å². The van der Waals surface area contributed by atoms with E-state index in [0.717, 1.165) is 22.4 Å². The average molecular weight is 411 g/mol. The molecule has 1 aromatic heterocycles. The van der Waals surface area contributed by atoms with E-state index in [9.17, 15) is 9.59 Å². The number of tetrazole rings is 1. The summed E-state index contributed by atoms with van der Waals surface area (Å²) >= 11 is 1.18. The van der Waals surface area contributed by atoms with Crippen LogP contribution in [0, 0.1) is 13.8 Å². The molecule has 3 aromatic rings. The monoisotopic (exact) mass is 410 g/mol. The minimum Gasteiger partial charge on any atom is -0.334 e. The number of carbonyl (C=O) groups is 2. The fourth-order valence-electron chi connectivity index (χ4n) is 2.73. The molecule has 150 valence electrons. The molecular formula is C20H22N6O2S. The number of aryl methyl sites for hydroxylation is 2. The Hall–Kier alpha value is -3.20. The topological polar surface area (TPSA) is 102 Å². The van der Waals surface area contributed by atoms with Crippen molar-refractivity contribution in [2.45, 2.75) is 37.7 Å². The molecule has 0 aliphatic carbocycles. The van der Waals surface area contributed by atoms with Crippen LogP contribution in [0.2, 0.25) is 0 Å². The van der Waals surface area contributed by atoms with Crippen LogP contribution < -0.4 is 10.6 Å². The predicted octanol–water partition coefficient (Wildman–Crippen LogP) is 2.79. The SMILES string of the molecule is Cc1cc(C)cc(-n2nnnc2S[C@@H](C)C(=O)NC(=O)NCc2ccccc2)c1. The lowest BCUT2D eigenvalue weighted by atomic mass is 10.1. The van der Waals surface area contributed by atoms with E-state index in [1.807, 2.05) is 56.3 Å². The number of imide groups is 1. The molecular weight excluding hydrogens is 388 g/mol. The predicted molar refractivity (Wildman–Crippen MR) is 111 cm³/mol. The second-order valence-electron chi connectivity index (χ2n) is 6.64. The number of hydrogen-bond donors (Lipinski definition) is 2. The highest BCUT2D eigenvalue weighted by Crippen LogP contribution is 2.23. The zero-order valence-electron chi connectivity index (χ0n) is 16.4. The van der Waals surface area contributed by atoms with Crippen LogP contribution in [0.1, 0.15) is 23.6 Å². The molecule has 0 bridgehead atoms. The van der Waals surface area contributed by atoms with Gasteiger partial charge in [0.2, 0.25) is 11.1 Å². The Morgan fingerprint density at radius 1 is 1.10 bits per heavy atom. The van der Waals surface area contributed by atoms with Gasteiger partial charge in [0.1, 0.15) is 0 Å². The van der Waals surface area contributed by atoms with Gasteiger partial charge >= 0.3 is 6.03 Å². The van der Waals surface area contributed by atoms with Crippen molar-refractivity contribution in [2.75, 3.05) is 0 Å². The van der Waals surface area contributed by atoms with Crippen molar-refractivity contribution < 1.29 is 9.59 Å². The maximum atomic E-state index is 12.4. The summed E-state index contributed by atoms with van der Waals surface area (Å²) < 4.78 is 1.59. The number of aromatic nitrogens is 4. The Balaban J connectivity index is 1.59. The molecule has 0 spiro atoms. The first-order valence-corrected chi connectivity index (χ1v) is 9.96. The summed E-state index contributed by atoms with van der Waals surface area (Å²) in [7, 11) is 0. The Morgan fingerprint density at radius 2 is 1.79 bits per heavy atom. The van der Waals surface area contributed by atoms with E-state index < -0.39 is 17.2 Å². The van der Waals surface area contributed by atoms with Gasteiger partial charge in [-0.2, -0.15) is 4.68 Å². The fourth-order valence-corrected chi connectivity index (χ4v) is 3.54. The van der Waals surface area contributed by atoms with Gasteiger partial charge in [-0.3, -0.25) is 10.1 Å². The first kappa shape index (κ1) is 20.5. The van der Waals surface area contributed by atoms with Gasteiger partial charge in [0.15, 0.2) is 0 Å². The molecule has 9 heteroatoms. The summed E-state index contributed by atoms with van der Waals surface area (Å²) in [5.41, 5.74) is 3.95. The number of amides is 3. The molecule has 1 heterocycles. The summed E-state index contributed by atoms with van der Waals surface area (Å²) in [5.74, 6) is -0.421. The summed E-state index contributed by atoms with van der Waals surface area (Å²) in [4.78, 5) is 24.4. The highest BCUT2D eigenvalue weighted by molar-refractivity contribution is 8.00. The first-order valence-electron chi connectivity index (χ1n) is 9.08. The molecule has 0 fully saturated rings. The van der Waals surface area contributed by atoms with Gasteiger partial charge in [-0.15, -0.1) is 5.10 Å². The van der Waals surface area contributed by atoms with Gasteiger partial charge in [0, 0.05) is 6.54 Å². The second kappa shape index (κ2) is 9.33. The van der Waals surface area contributed by atoms with Gasteiger partial charge in [0.05, 0.1) is 10.9 Å². The number of hydrogen-bond acceptors (Lipinski definition) is 6. The quantitative estimate of drug-likeness (QED) is 0.606. The molecule has 29 heavy (non-hydrogen) atoms. The maximum absolute atomic E-state index is 12.4. The third kappa shape index (κ3) is 5.64. The van der Waals surface area contributed by atoms with Gasteiger partial charge in [-0.25, -0.2) is 4.79 Å². The van der Waals surface area contributed by atoms with Crippen molar-refractivity contribution in [1.82, 2.24) is 30.8 Å². The lowest BCUT2D eigenvalue weighted by Gasteiger charge is -2.12. The van der Waals surface area contributed by atoms with Crippen LogP contribution in [-0.4, -0.2) is 37.4 Å². The summed E-state index contributed by atoms with van der Waals surface area (Å²) in [5, 5.41) is 16.7. The highest BCUT2D eigenvalue weighted by atomic mass is 32.2. The van der Waals surface area contributed by atoms with Crippen molar-refractivity contribution in [2.24, 2.45) is 0 Å². The van der Waals surface area contributed by atoms with Crippen molar-refractivity contribution in [3.8, 4) is 5.69 Å². The van der Waals surface area contributed by atoms with E-state index in [1.165, 1.54) is 11.8 Å². The molecule has 0 saturated carbocycles. The van der Waals surface area contributed by atoms with Crippen molar-refractivity contribution in [3.05, 3.63) is 65.2 Å². The zero-order chi connectivity index (χ0) is 20.8. The van der Waals surface area contributed by atoms with Crippen LogP contribution in [0.15, 0.2) is 53.7 Å². The minimum absolute atomic E-state index is 0.340. The second-order valence-corrected chi connectivity index (χ2v) is 7.94. The van der Waals surface area contributed by atoms with E-state index >= 15 is 0 Å². The normalized spacial score (nSPS) is 11.7. The summed E-state index contributed by atoms with van der Waals surface area (Å²) in [6, 6.07) is 14.9. The summed E-state index contributed by atoms with van der Waals surface area (Å²) in [6.45, 7) is 6.03. The van der Waals surface area contributed by atoms with Crippen LogP contribution in [0.3, 0.4) is 0 Å². The Morgan fingerprint density at radius 3 is 2.48 bits per heavy atom. The first-order chi connectivity index (χ1) is 13.9. The van der Waals surface area contributed by atoms with Crippen molar-refractivity contribution in [3.63, 3.8) is 0 Å². The Labute approximate surface area is 173 Å². The van der Waals surface area contributed by atoms with E-state index in [1.54, 1.807) is 11.6 Å². The van der Waals surface area contributed by atoms with Crippen LogP contribution in [0.4, 0.5) is 4.79 Å². The Bertz CT molecular complexity index is 985. The molecule has 2 N–H and O–H groups in total. The molecule has 0 radical (unpaired) electrons. The number of nitrogens with one attached hydrogen (secondary N) is 2. The lowest BCUT2D eigenvalue weighted by molar-refractivity contribution is -0.119. The average Bonchev–Trinajstić information content (AvgIpc) is 3.14. The molecule has 0 saturated heterocycles. The van der Waals surface area contributed by atoms with Crippen LogP contribution in [-0.2, 0) is 11.3 Å². The molecule has 1 atom stereocenters. The maximum Gasteiger partial charge on any atom is 0.321 e. The van der Waals surface area contributed by atoms with Crippen molar-refractivity contribution in [1.29, 1.82) is 0 Å². The summed E-state index contributed by atoms with van der Waals surface area (Å²) in [6.07, 6.45) is 0. The smallest absolute Gasteiger partial charge is 0.321 e. The van der Waals surface area contributed by atoms with Gasteiger partial charge in [0.25, 0.3) is 0 Å². The number of benzene rings is 2. The number of carbonyl (C=O) groups excluding carboxylic acids is 2. The number of nitrogens with zero attached hydrogens (tertiary/aromatic N) is 4. The molecule has 3 amide bonds. The molecule has 8 nitrogen and oxygen atoms in total. The van der Waals surface area contributed by atoms with E-state index in [2.05, 4.69) is 32.2 Å². The number of thioether (sulfide) groups is 1. The molecule has 0 aliphatic heterocycles. The number of rotatable bonds is 6.